The molecule has 1 amide bonds. The zero-order valence-electron chi connectivity index (χ0n) is 14.5. The molecule has 3 heterocycles. The molecule has 2 fully saturated rings. The minimum absolute atomic E-state index is 0.117. The fourth-order valence-corrected chi connectivity index (χ4v) is 4.44. The van der Waals surface area contributed by atoms with Gasteiger partial charge in [-0.15, -0.1) is 0 Å². The van der Waals surface area contributed by atoms with Crippen molar-refractivity contribution in [2.75, 3.05) is 6.54 Å². The maximum absolute atomic E-state index is 13.1. The molecule has 2 bridgehead atoms. The van der Waals surface area contributed by atoms with E-state index in [1.54, 1.807) is 6.20 Å². The quantitative estimate of drug-likeness (QED) is 0.787. The van der Waals surface area contributed by atoms with E-state index in [1.165, 1.54) is 0 Å². The Morgan fingerprint density at radius 3 is 3.08 bits per heavy atom. The van der Waals surface area contributed by atoms with Gasteiger partial charge in [0.1, 0.15) is 0 Å². The zero-order chi connectivity index (χ0) is 17.5. The Hall–Kier alpha value is -2.66. The molecular formula is C21H21N3O2. The maximum atomic E-state index is 13.1. The highest BCUT2D eigenvalue weighted by atomic mass is 16.5. The lowest BCUT2D eigenvalue weighted by atomic mass is 10.1. The number of ether oxygens (including phenoxy) is 1. The van der Waals surface area contributed by atoms with Gasteiger partial charge in [-0.3, -0.25) is 9.78 Å². The third-order valence-corrected chi connectivity index (χ3v) is 5.72. The summed E-state index contributed by atoms with van der Waals surface area (Å²) in [4.78, 5) is 22.6. The zero-order valence-corrected chi connectivity index (χ0v) is 14.5. The van der Waals surface area contributed by atoms with Crippen molar-refractivity contribution in [3.05, 3.63) is 66.1 Å². The summed E-state index contributed by atoms with van der Waals surface area (Å²) in [6.07, 6.45) is 5.97. The second-order valence-corrected chi connectivity index (χ2v) is 7.24. The van der Waals surface area contributed by atoms with Crippen LogP contribution in [0, 0.1) is 5.92 Å². The number of carbonyl (C=O) groups is 1. The number of amides is 1. The monoisotopic (exact) mass is 347 g/mol. The number of hydrogen-bond donors (Lipinski definition) is 1. The second-order valence-electron chi connectivity index (χ2n) is 7.24. The van der Waals surface area contributed by atoms with Gasteiger partial charge in [0.25, 0.3) is 5.91 Å². The summed E-state index contributed by atoms with van der Waals surface area (Å²) in [6, 6.07) is 13.9. The SMILES string of the molecule is O=C(c1ccc2[nH]ccc2c1)N1C[C@H]2CC[C@H]1[C@@H]2OCc1ccccn1. The van der Waals surface area contributed by atoms with Crippen LogP contribution in [0.4, 0.5) is 0 Å². The third kappa shape index (κ3) is 2.59. The average Bonchev–Trinajstić information content (AvgIpc) is 3.40. The summed E-state index contributed by atoms with van der Waals surface area (Å²) in [5, 5.41) is 1.07. The highest BCUT2D eigenvalue weighted by molar-refractivity contribution is 5.98. The maximum Gasteiger partial charge on any atom is 0.254 e. The van der Waals surface area contributed by atoms with Crippen LogP contribution in [0.3, 0.4) is 0 Å². The summed E-state index contributed by atoms with van der Waals surface area (Å²) >= 11 is 0. The number of pyridine rings is 1. The van der Waals surface area contributed by atoms with Gasteiger partial charge in [0.05, 0.1) is 24.4 Å². The van der Waals surface area contributed by atoms with Gasteiger partial charge in [-0.25, -0.2) is 0 Å². The van der Waals surface area contributed by atoms with Gasteiger partial charge in [0, 0.05) is 41.3 Å². The summed E-state index contributed by atoms with van der Waals surface area (Å²) < 4.78 is 6.19. The molecule has 1 aromatic carbocycles. The van der Waals surface area contributed by atoms with E-state index in [0.717, 1.165) is 41.5 Å². The number of benzene rings is 1. The number of fused-ring (bicyclic) bond motifs is 3. The molecular weight excluding hydrogens is 326 g/mol. The van der Waals surface area contributed by atoms with E-state index in [0.29, 0.717) is 12.5 Å². The van der Waals surface area contributed by atoms with Crippen molar-refractivity contribution in [1.82, 2.24) is 14.9 Å². The van der Waals surface area contributed by atoms with Gasteiger partial charge in [0.2, 0.25) is 0 Å². The smallest absolute Gasteiger partial charge is 0.254 e. The Morgan fingerprint density at radius 1 is 1.23 bits per heavy atom. The molecule has 1 aliphatic carbocycles. The van der Waals surface area contributed by atoms with Crippen LogP contribution in [0.15, 0.2) is 54.9 Å². The lowest BCUT2D eigenvalue weighted by molar-refractivity contribution is 0.0144. The number of nitrogens with zero attached hydrogens (tertiary/aromatic N) is 2. The number of H-pyrrole nitrogens is 1. The molecule has 1 aliphatic heterocycles. The van der Waals surface area contributed by atoms with Crippen LogP contribution in [0.1, 0.15) is 28.9 Å². The van der Waals surface area contributed by atoms with E-state index in [2.05, 4.69) is 9.97 Å². The van der Waals surface area contributed by atoms with Gasteiger partial charge in [-0.05, 0) is 49.2 Å². The van der Waals surface area contributed by atoms with Gasteiger partial charge in [0.15, 0.2) is 0 Å². The number of carbonyl (C=O) groups excluding carboxylic acids is 1. The fraction of sp³-hybridized carbons (Fsp3) is 0.333. The summed E-state index contributed by atoms with van der Waals surface area (Å²) in [5.74, 6) is 0.551. The standard InChI is InChI=1S/C21H21N3O2/c25-21(15-4-6-18-14(11-15)8-10-23-18)24-12-16-5-7-19(24)20(16)26-13-17-3-1-2-9-22-17/h1-4,6,8-11,16,19-20,23H,5,7,12-13H2/t16-,19+,20-/m1/s1. The van der Waals surface area contributed by atoms with Crippen LogP contribution in [0.25, 0.3) is 10.9 Å². The van der Waals surface area contributed by atoms with Gasteiger partial charge in [-0.1, -0.05) is 6.07 Å². The van der Waals surface area contributed by atoms with Gasteiger partial charge < -0.3 is 14.6 Å². The normalized spacial score (nSPS) is 24.5. The topological polar surface area (TPSA) is 58.2 Å². The van der Waals surface area contributed by atoms with Crippen molar-refractivity contribution in [2.45, 2.75) is 31.6 Å². The average molecular weight is 347 g/mol. The Balaban J connectivity index is 1.32. The van der Waals surface area contributed by atoms with E-state index in [1.807, 2.05) is 53.6 Å². The summed E-state index contributed by atoms with van der Waals surface area (Å²) in [6.45, 7) is 1.30. The number of rotatable bonds is 4. The van der Waals surface area contributed by atoms with Crippen molar-refractivity contribution in [3.8, 4) is 0 Å². The van der Waals surface area contributed by atoms with Crippen LogP contribution in [0.5, 0.6) is 0 Å². The van der Waals surface area contributed by atoms with Crippen molar-refractivity contribution < 1.29 is 9.53 Å². The Labute approximate surface area is 152 Å². The summed E-state index contributed by atoms with van der Waals surface area (Å²) in [7, 11) is 0. The molecule has 26 heavy (non-hydrogen) atoms. The van der Waals surface area contributed by atoms with Crippen molar-refractivity contribution in [2.24, 2.45) is 5.92 Å². The number of likely N-dealkylation sites (tertiary alicyclic amines) is 1. The predicted molar refractivity (Wildman–Crippen MR) is 98.7 cm³/mol. The first-order chi connectivity index (χ1) is 12.8. The Morgan fingerprint density at radius 2 is 2.19 bits per heavy atom. The Bertz CT molecular complexity index is 937. The lowest BCUT2D eigenvalue weighted by Crippen LogP contribution is -2.39. The van der Waals surface area contributed by atoms with Crippen LogP contribution in [-0.2, 0) is 11.3 Å². The van der Waals surface area contributed by atoms with Crippen LogP contribution >= 0.6 is 0 Å². The van der Waals surface area contributed by atoms with E-state index in [9.17, 15) is 4.79 Å². The molecule has 2 aliphatic rings. The first kappa shape index (κ1) is 15.6. The predicted octanol–water partition coefficient (Wildman–Crippen LogP) is 3.38. The second kappa shape index (κ2) is 6.25. The molecule has 1 N–H and O–H groups in total. The minimum atomic E-state index is 0.117. The van der Waals surface area contributed by atoms with E-state index >= 15 is 0 Å². The molecule has 0 radical (unpaired) electrons. The van der Waals surface area contributed by atoms with Crippen molar-refractivity contribution in [3.63, 3.8) is 0 Å². The molecule has 3 aromatic rings. The largest absolute Gasteiger partial charge is 0.369 e. The number of nitrogens with one attached hydrogen (secondary N) is 1. The first-order valence-corrected chi connectivity index (χ1v) is 9.19. The van der Waals surface area contributed by atoms with Crippen molar-refractivity contribution in [1.29, 1.82) is 0 Å². The molecule has 5 rings (SSSR count). The van der Waals surface area contributed by atoms with Gasteiger partial charge in [-0.2, -0.15) is 0 Å². The molecule has 132 valence electrons. The van der Waals surface area contributed by atoms with E-state index in [-0.39, 0.29) is 18.1 Å². The molecule has 3 atom stereocenters. The molecule has 0 unspecified atom stereocenters. The van der Waals surface area contributed by atoms with Crippen LogP contribution in [-0.4, -0.2) is 39.5 Å². The van der Waals surface area contributed by atoms with Crippen LogP contribution < -0.4 is 0 Å². The molecule has 0 spiro atoms. The molecule has 5 nitrogen and oxygen atoms in total. The molecule has 2 aromatic heterocycles. The fourth-order valence-electron chi connectivity index (χ4n) is 4.44. The highest BCUT2D eigenvalue weighted by Gasteiger charge is 2.49. The number of hydrogen-bond acceptors (Lipinski definition) is 3. The first-order valence-electron chi connectivity index (χ1n) is 9.19. The van der Waals surface area contributed by atoms with Crippen molar-refractivity contribution >= 4 is 16.8 Å². The molecule has 1 saturated heterocycles. The van der Waals surface area contributed by atoms with Crippen LogP contribution in [0.2, 0.25) is 0 Å². The summed E-state index contributed by atoms with van der Waals surface area (Å²) in [5.41, 5.74) is 2.75. The number of aromatic nitrogens is 2. The highest BCUT2D eigenvalue weighted by Crippen LogP contribution is 2.41. The molecule has 5 heteroatoms. The third-order valence-electron chi connectivity index (χ3n) is 5.72. The number of aromatic amines is 1. The number of piperidine rings is 1. The molecule has 1 saturated carbocycles. The Kier molecular flexibility index (Phi) is 3.75. The van der Waals surface area contributed by atoms with Gasteiger partial charge >= 0.3 is 0 Å². The van der Waals surface area contributed by atoms with E-state index < -0.39 is 0 Å². The van der Waals surface area contributed by atoms with E-state index in [4.69, 9.17) is 4.74 Å². The minimum Gasteiger partial charge on any atom is -0.369 e. The lowest BCUT2D eigenvalue weighted by Gasteiger charge is -2.27.